The van der Waals surface area contributed by atoms with Crippen molar-refractivity contribution in [2.45, 2.75) is 63.5 Å². The van der Waals surface area contributed by atoms with Crippen LogP contribution in [-0.2, 0) is 4.79 Å². The van der Waals surface area contributed by atoms with Gasteiger partial charge in [-0.25, -0.2) is 0 Å². The Labute approximate surface area is 115 Å². The van der Waals surface area contributed by atoms with Crippen LogP contribution < -0.4 is 10.6 Å². The number of hydrogen-bond donors (Lipinski definition) is 2. The SMILES string of the molecule is CC1CCCC12NC(N[C@H]1C[C@H]3CC[C@H]1C3)=CC2=O. The molecule has 0 aromatic rings. The van der Waals surface area contributed by atoms with E-state index in [2.05, 4.69) is 17.6 Å². The average Bonchev–Trinajstić information content (AvgIpc) is 3.10. The van der Waals surface area contributed by atoms with Crippen molar-refractivity contribution in [2.75, 3.05) is 0 Å². The van der Waals surface area contributed by atoms with Gasteiger partial charge in [-0.2, -0.15) is 0 Å². The number of rotatable bonds is 2. The van der Waals surface area contributed by atoms with Crippen LogP contribution >= 0.6 is 0 Å². The highest BCUT2D eigenvalue weighted by molar-refractivity contribution is 6.01. The zero-order chi connectivity index (χ0) is 13.0. The smallest absolute Gasteiger partial charge is 0.184 e. The highest BCUT2D eigenvalue weighted by Gasteiger charge is 2.50. The molecule has 3 aliphatic carbocycles. The number of fused-ring (bicyclic) bond motifs is 2. The van der Waals surface area contributed by atoms with Gasteiger partial charge in [-0.1, -0.05) is 19.8 Å². The van der Waals surface area contributed by atoms with Gasteiger partial charge in [-0.05, 0) is 49.9 Å². The van der Waals surface area contributed by atoms with Gasteiger partial charge in [0.2, 0.25) is 0 Å². The molecule has 3 saturated carbocycles. The maximum absolute atomic E-state index is 12.4. The lowest BCUT2D eigenvalue weighted by Crippen LogP contribution is -2.51. The Kier molecular flexibility index (Phi) is 2.49. The second-order valence-electron chi connectivity index (χ2n) is 7.24. The van der Waals surface area contributed by atoms with E-state index in [1.54, 1.807) is 0 Å². The van der Waals surface area contributed by atoms with Crippen LogP contribution in [0.4, 0.5) is 0 Å². The number of nitrogens with one attached hydrogen (secondary N) is 2. The third kappa shape index (κ3) is 1.66. The Morgan fingerprint density at radius 3 is 2.84 bits per heavy atom. The molecule has 3 nitrogen and oxygen atoms in total. The minimum atomic E-state index is -0.264. The maximum atomic E-state index is 12.4. The second kappa shape index (κ2) is 4.00. The van der Waals surface area contributed by atoms with E-state index in [9.17, 15) is 4.79 Å². The van der Waals surface area contributed by atoms with Crippen molar-refractivity contribution >= 4 is 5.78 Å². The molecule has 0 saturated heterocycles. The van der Waals surface area contributed by atoms with Crippen molar-refractivity contribution in [3.05, 3.63) is 11.9 Å². The molecule has 3 heteroatoms. The van der Waals surface area contributed by atoms with Gasteiger partial charge in [-0.15, -0.1) is 0 Å². The molecular formula is C16H24N2O. The fourth-order valence-corrected chi connectivity index (χ4v) is 5.03. The predicted octanol–water partition coefficient (Wildman–Crippen LogP) is 2.34. The van der Waals surface area contributed by atoms with Gasteiger partial charge in [0.15, 0.2) is 5.78 Å². The number of carbonyl (C=O) groups excluding carboxylic acids is 1. The Morgan fingerprint density at radius 2 is 2.21 bits per heavy atom. The average molecular weight is 260 g/mol. The molecule has 104 valence electrons. The van der Waals surface area contributed by atoms with E-state index in [0.717, 1.165) is 24.1 Å². The van der Waals surface area contributed by atoms with E-state index in [1.165, 1.54) is 38.5 Å². The van der Waals surface area contributed by atoms with Gasteiger partial charge in [-0.3, -0.25) is 4.79 Å². The van der Waals surface area contributed by atoms with Crippen molar-refractivity contribution in [1.82, 2.24) is 10.6 Å². The molecule has 19 heavy (non-hydrogen) atoms. The normalized spacial score (nSPS) is 47.8. The molecule has 1 heterocycles. The van der Waals surface area contributed by atoms with Gasteiger partial charge < -0.3 is 10.6 Å². The minimum Gasteiger partial charge on any atom is -0.369 e. The highest BCUT2D eigenvalue weighted by atomic mass is 16.1. The summed E-state index contributed by atoms with van der Waals surface area (Å²) < 4.78 is 0. The van der Waals surface area contributed by atoms with E-state index in [1.807, 2.05) is 6.08 Å². The van der Waals surface area contributed by atoms with Gasteiger partial charge in [0.1, 0.15) is 11.4 Å². The van der Waals surface area contributed by atoms with Crippen molar-refractivity contribution in [2.24, 2.45) is 17.8 Å². The highest BCUT2D eigenvalue weighted by Crippen LogP contribution is 2.45. The molecule has 3 fully saturated rings. The predicted molar refractivity (Wildman–Crippen MR) is 74.3 cm³/mol. The van der Waals surface area contributed by atoms with Gasteiger partial charge in [0.25, 0.3) is 0 Å². The number of carbonyl (C=O) groups is 1. The van der Waals surface area contributed by atoms with E-state index >= 15 is 0 Å². The lowest BCUT2D eigenvalue weighted by Gasteiger charge is -2.31. The lowest BCUT2D eigenvalue weighted by molar-refractivity contribution is -0.120. The molecule has 1 spiro atoms. The third-order valence-corrected chi connectivity index (χ3v) is 6.20. The Hall–Kier alpha value is -0.990. The molecule has 4 rings (SSSR count). The lowest BCUT2D eigenvalue weighted by atomic mass is 9.86. The molecule has 4 aliphatic rings. The number of ketones is 1. The zero-order valence-electron chi connectivity index (χ0n) is 11.7. The maximum Gasteiger partial charge on any atom is 0.184 e. The fraction of sp³-hybridized carbons (Fsp3) is 0.812. The molecule has 5 atom stereocenters. The van der Waals surface area contributed by atoms with Crippen LogP contribution in [-0.4, -0.2) is 17.4 Å². The van der Waals surface area contributed by atoms with E-state index in [0.29, 0.717) is 17.7 Å². The van der Waals surface area contributed by atoms with E-state index in [4.69, 9.17) is 0 Å². The van der Waals surface area contributed by atoms with Crippen LogP contribution in [0.5, 0.6) is 0 Å². The summed E-state index contributed by atoms with van der Waals surface area (Å²) >= 11 is 0. The van der Waals surface area contributed by atoms with Gasteiger partial charge in [0.05, 0.1) is 0 Å². The summed E-state index contributed by atoms with van der Waals surface area (Å²) in [5.41, 5.74) is -0.264. The molecule has 2 N–H and O–H groups in total. The summed E-state index contributed by atoms with van der Waals surface area (Å²) in [6.45, 7) is 2.21. The molecule has 0 aromatic carbocycles. The van der Waals surface area contributed by atoms with Crippen molar-refractivity contribution in [3.63, 3.8) is 0 Å². The summed E-state index contributed by atoms with van der Waals surface area (Å²) in [7, 11) is 0. The van der Waals surface area contributed by atoms with Gasteiger partial charge in [0, 0.05) is 12.1 Å². The Bertz CT molecular complexity index is 444. The zero-order valence-corrected chi connectivity index (χ0v) is 11.7. The molecule has 0 aromatic heterocycles. The molecule has 1 aliphatic heterocycles. The Morgan fingerprint density at radius 1 is 1.32 bits per heavy atom. The monoisotopic (exact) mass is 260 g/mol. The first-order chi connectivity index (χ1) is 9.17. The summed E-state index contributed by atoms with van der Waals surface area (Å²) in [6, 6.07) is 0.608. The minimum absolute atomic E-state index is 0.264. The van der Waals surface area contributed by atoms with Crippen molar-refractivity contribution < 1.29 is 4.79 Å². The first-order valence-corrected chi connectivity index (χ1v) is 7.98. The van der Waals surface area contributed by atoms with Crippen LogP contribution in [0.2, 0.25) is 0 Å². The van der Waals surface area contributed by atoms with Crippen LogP contribution in [0.25, 0.3) is 0 Å². The van der Waals surface area contributed by atoms with Crippen LogP contribution in [0.15, 0.2) is 11.9 Å². The first kappa shape index (κ1) is 11.8. The van der Waals surface area contributed by atoms with Crippen LogP contribution in [0, 0.1) is 17.8 Å². The summed E-state index contributed by atoms with van der Waals surface area (Å²) in [4.78, 5) is 12.4. The Balaban J connectivity index is 1.46. The van der Waals surface area contributed by atoms with E-state index in [-0.39, 0.29) is 5.54 Å². The van der Waals surface area contributed by atoms with E-state index < -0.39 is 0 Å². The van der Waals surface area contributed by atoms with Gasteiger partial charge >= 0.3 is 0 Å². The molecular weight excluding hydrogens is 236 g/mol. The molecule has 2 unspecified atom stereocenters. The second-order valence-corrected chi connectivity index (χ2v) is 7.24. The third-order valence-electron chi connectivity index (χ3n) is 6.20. The number of hydrogen-bond acceptors (Lipinski definition) is 3. The summed E-state index contributed by atoms with van der Waals surface area (Å²) in [6.07, 6.45) is 10.7. The first-order valence-electron chi connectivity index (χ1n) is 7.98. The van der Waals surface area contributed by atoms with Crippen LogP contribution in [0.1, 0.15) is 51.9 Å². The largest absolute Gasteiger partial charge is 0.369 e. The molecule has 0 amide bonds. The fourth-order valence-electron chi connectivity index (χ4n) is 5.03. The van der Waals surface area contributed by atoms with Crippen molar-refractivity contribution in [3.8, 4) is 0 Å². The molecule has 0 radical (unpaired) electrons. The molecule has 2 bridgehead atoms. The summed E-state index contributed by atoms with van der Waals surface area (Å²) in [5, 5.41) is 7.19. The summed E-state index contributed by atoms with van der Waals surface area (Å²) in [5.74, 6) is 3.58. The standard InChI is InChI=1S/C16H24N2O/c1-10-3-2-6-16(10)14(19)9-15(18-16)17-13-8-11-4-5-12(13)7-11/h9-13,17-18H,2-8H2,1H3/t10?,11-,12-,13-,16?/m0/s1. The van der Waals surface area contributed by atoms with Crippen LogP contribution in [0.3, 0.4) is 0 Å². The topological polar surface area (TPSA) is 41.1 Å². The quantitative estimate of drug-likeness (QED) is 0.800. The van der Waals surface area contributed by atoms with Crippen molar-refractivity contribution in [1.29, 1.82) is 0 Å².